The lowest BCUT2D eigenvalue weighted by atomic mass is 9.99. The highest BCUT2D eigenvalue weighted by atomic mass is 16.5. The van der Waals surface area contributed by atoms with Crippen LogP contribution in [0.1, 0.15) is 61.2 Å². The van der Waals surface area contributed by atoms with Crippen LogP contribution >= 0.6 is 0 Å². The summed E-state index contributed by atoms with van der Waals surface area (Å²) in [6, 6.07) is 9.48. The van der Waals surface area contributed by atoms with E-state index in [0.29, 0.717) is 17.7 Å². The van der Waals surface area contributed by atoms with Crippen LogP contribution in [0.5, 0.6) is 5.75 Å². The van der Waals surface area contributed by atoms with E-state index in [9.17, 15) is 9.59 Å². The highest BCUT2D eigenvalue weighted by Gasteiger charge is 2.15. The number of carbonyl (C=O) groups is 1. The van der Waals surface area contributed by atoms with Gasteiger partial charge in [0.15, 0.2) is 0 Å². The molecule has 1 amide bonds. The van der Waals surface area contributed by atoms with Crippen molar-refractivity contribution in [1.29, 1.82) is 5.26 Å². The van der Waals surface area contributed by atoms with Gasteiger partial charge in [0, 0.05) is 12.1 Å². The molecule has 6 nitrogen and oxygen atoms in total. The van der Waals surface area contributed by atoms with Crippen molar-refractivity contribution in [2.45, 2.75) is 59.6 Å². The highest BCUT2D eigenvalue weighted by Crippen LogP contribution is 2.19. The van der Waals surface area contributed by atoms with Gasteiger partial charge in [-0.3, -0.25) is 9.59 Å². The number of nitriles is 1. The Morgan fingerprint density at radius 3 is 2.43 bits per heavy atom. The molecule has 1 unspecified atom stereocenters. The third-order valence-electron chi connectivity index (χ3n) is 4.65. The topological polar surface area (TPSA) is 95.0 Å². The fraction of sp³-hybridized carbons (Fsp3) is 0.409. The van der Waals surface area contributed by atoms with Crippen molar-refractivity contribution in [2.24, 2.45) is 0 Å². The van der Waals surface area contributed by atoms with Crippen LogP contribution < -0.4 is 15.6 Å². The Balaban J connectivity index is 1.99. The molecule has 0 aliphatic carbocycles. The van der Waals surface area contributed by atoms with Gasteiger partial charge in [0.25, 0.3) is 5.56 Å². The van der Waals surface area contributed by atoms with Gasteiger partial charge in [-0.15, -0.1) is 0 Å². The maximum atomic E-state index is 12.4. The molecule has 2 N–H and O–H groups in total. The second kappa shape index (κ2) is 9.23. The number of benzene rings is 1. The summed E-state index contributed by atoms with van der Waals surface area (Å²) in [7, 11) is 0. The summed E-state index contributed by atoms with van der Waals surface area (Å²) in [5.74, 6) is 0.716. The molecule has 148 valence electrons. The number of pyridine rings is 1. The minimum atomic E-state index is -0.385. The number of rotatable bonds is 7. The van der Waals surface area contributed by atoms with Crippen molar-refractivity contribution >= 4 is 5.91 Å². The van der Waals surface area contributed by atoms with E-state index >= 15 is 0 Å². The van der Waals surface area contributed by atoms with E-state index in [1.807, 2.05) is 51.1 Å². The zero-order valence-corrected chi connectivity index (χ0v) is 17.1. The molecule has 2 aromatic rings. The monoisotopic (exact) mass is 381 g/mol. The Morgan fingerprint density at radius 2 is 1.86 bits per heavy atom. The summed E-state index contributed by atoms with van der Waals surface area (Å²) in [4.78, 5) is 26.9. The third kappa shape index (κ3) is 5.23. The van der Waals surface area contributed by atoms with Gasteiger partial charge in [0.05, 0.1) is 12.1 Å². The van der Waals surface area contributed by atoms with E-state index in [0.717, 1.165) is 16.9 Å². The van der Waals surface area contributed by atoms with E-state index in [1.54, 1.807) is 13.8 Å². The number of aromatic amines is 1. The standard InChI is InChI=1S/C22H27N3O3/c1-13(2)28-18-8-6-17(7-9-18)15(4)24-21(26)11-10-19-14(3)20(12-23)22(27)25-16(19)5/h6-9,13,15H,10-11H2,1-5H3,(H,24,26)(H,25,27). The van der Waals surface area contributed by atoms with E-state index < -0.39 is 0 Å². The average molecular weight is 381 g/mol. The van der Waals surface area contributed by atoms with Crippen LogP contribution in [0, 0.1) is 25.2 Å². The molecule has 1 atom stereocenters. The van der Waals surface area contributed by atoms with Crippen LogP contribution in [0.3, 0.4) is 0 Å². The molecule has 0 saturated heterocycles. The van der Waals surface area contributed by atoms with Gasteiger partial charge in [0.1, 0.15) is 17.4 Å². The van der Waals surface area contributed by atoms with E-state index in [4.69, 9.17) is 10.00 Å². The van der Waals surface area contributed by atoms with Crippen molar-refractivity contribution in [3.05, 3.63) is 62.6 Å². The lowest BCUT2D eigenvalue weighted by Crippen LogP contribution is -2.27. The fourth-order valence-corrected chi connectivity index (χ4v) is 3.16. The smallest absolute Gasteiger partial charge is 0.266 e. The van der Waals surface area contributed by atoms with Crippen molar-refractivity contribution in [1.82, 2.24) is 10.3 Å². The first-order valence-corrected chi connectivity index (χ1v) is 9.41. The number of aryl methyl sites for hydroxylation is 1. The molecule has 0 aliphatic heterocycles. The van der Waals surface area contributed by atoms with Crippen LogP contribution in [0.4, 0.5) is 0 Å². The Labute approximate surface area is 165 Å². The maximum absolute atomic E-state index is 12.4. The normalized spacial score (nSPS) is 11.8. The van der Waals surface area contributed by atoms with Crippen molar-refractivity contribution in [3.63, 3.8) is 0 Å². The number of carbonyl (C=O) groups excluding carboxylic acids is 1. The van der Waals surface area contributed by atoms with Gasteiger partial charge in [-0.05, 0) is 69.9 Å². The predicted molar refractivity (Wildman–Crippen MR) is 108 cm³/mol. The largest absolute Gasteiger partial charge is 0.491 e. The minimum Gasteiger partial charge on any atom is -0.491 e. The molecule has 1 aromatic heterocycles. The molecule has 1 heterocycles. The first-order valence-electron chi connectivity index (χ1n) is 9.41. The number of hydrogen-bond acceptors (Lipinski definition) is 4. The zero-order valence-electron chi connectivity index (χ0n) is 17.1. The second-order valence-corrected chi connectivity index (χ2v) is 7.19. The molecular formula is C22H27N3O3. The Kier molecular flexibility index (Phi) is 7.00. The number of aromatic nitrogens is 1. The van der Waals surface area contributed by atoms with Crippen LogP contribution in [0.15, 0.2) is 29.1 Å². The van der Waals surface area contributed by atoms with Gasteiger partial charge in [-0.2, -0.15) is 5.26 Å². The molecule has 0 fully saturated rings. The van der Waals surface area contributed by atoms with Gasteiger partial charge in [0.2, 0.25) is 5.91 Å². The molecule has 28 heavy (non-hydrogen) atoms. The van der Waals surface area contributed by atoms with E-state index in [-0.39, 0.29) is 35.6 Å². The van der Waals surface area contributed by atoms with Gasteiger partial charge >= 0.3 is 0 Å². The summed E-state index contributed by atoms with van der Waals surface area (Å²) in [5.41, 5.74) is 2.90. The number of hydrogen-bond donors (Lipinski definition) is 2. The number of ether oxygens (including phenoxy) is 1. The van der Waals surface area contributed by atoms with Gasteiger partial charge in [-0.25, -0.2) is 0 Å². The van der Waals surface area contributed by atoms with E-state index in [2.05, 4.69) is 10.3 Å². The Bertz CT molecular complexity index is 937. The number of nitrogens with one attached hydrogen (secondary N) is 2. The molecule has 0 saturated carbocycles. The van der Waals surface area contributed by atoms with Crippen molar-refractivity contribution < 1.29 is 9.53 Å². The summed E-state index contributed by atoms with van der Waals surface area (Å²) in [6.07, 6.45) is 0.852. The fourth-order valence-electron chi connectivity index (χ4n) is 3.16. The Morgan fingerprint density at radius 1 is 1.21 bits per heavy atom. The van der Waals surface area contributed by atoms with Gasteiger partial charge < -0.3 is 15.0 Å². The molecule has 0 bridgehead atoms. The van der Waals surface area contributed by atoms with Crippen LogP contribution in [0.25, 0.3) is 0 Å². The van der Waals surface area contributed by atoms with Crippen molar-refractivity contribution in [3.8, 4) is 11.8 Å². The van der Waals surface area contributed by atoms with Crippen LogP contribution in [-0.2, 0) is 11.2 Å². The SMILES string of the molecule is Cc1[nH]c(=O)c(C#N)c(C)c1CCC(=O)NC(C)c1ccc(OC(C)C)cc1. The lowest BCUT2D eigenvalue weighted by molar-refractivity contribution is -0.121. The summed E-state index contributed by atoms with van der Waals surface area (Å²) >= 11 is 0. The number of amides is 1. The second-order valence-electron chi connectivity index (χ2n) is 7.19. The zero-order chi connectivity index (χ0) is 20.8. The molecule has 0 spiro atoms. The van der Waals surface area contributed by atoms with E-state index in [1.165, 1.54) is 0 Å². The quantitative estimate of drug-likeness (QED) is 0.768. The van der Waals surface area contributed by atoms with Gasteiger partial charge in [-0.1, -0.05) is 12.1 Å². The molecule has 2 rings (SSSR count). The Hall–Kier alpha value is -3.07. The summed E-state index contributed by atoms with van der Waals surface area (Å²) in [6.45, 7) is 9.41. The summed E-state index contributed by atoms with van der Waals surface area (Å²) < 4.78 is 5.63. The lowest BCUT2D eigenvalue weighted by Gasteiger charge is -2.16. The molecular weight excluding hydrogens is 354 g/mol. The first-order chi connectivity index (χ1) is 13.2. The summed E-state index contributed by atoms with van der Waals surface area (Å²) in [5, 5.41) is 12.1. The van der Waals surface area contributed by atoms with Crippen LogP contribution in [-0.4, -0.2) is 17.0 Å². The predicted octanol–water partition coefficient (Wildman–Crippen LogP) is 3.46. The minimum absolute atomic E-state index is 0.0847. The van der Waals surface area contributed by atoms with Crippen molar-refractivity contribution in [2.75, 3.05) is 0 Å². The molecule has 0 aliphatic rings. The number of H-pyrrole nitrogens is 1. The first kappa shape index (κ1) is 21.2. The average Bonchev–Trinajstić information content (AvgIpc) is 2.61. The third-order valence-corrected chi connectivity index (χ3v) is 4.65. The molecule has 0 radical (unpaired) electrons. The molecule has 6 heteroatoms. The molecule has 1 aromatic carbocycles. The number of nitrogens with zero attached hydrogens (tertiary/aromatic N) is 1. The van der Waals surface area contributed by atoms with Crippen LogP contribution in [0.2, 0.25) is 0 Å². The maximum Gasteiger partial charge on any atom is 0.266 e. The highest BCUT2D eigenvalue weighted by molar-refractivity contribution is 5.76.